The van der Waals surface area contributed by atoms with Crippen LogP contribution < -0.4 is 0 Å². The number of amides is 2. The van der Waals surface area contributed by atoms with Gasteiger partial charge in [-0.3, -0.25) is 9.59 Å². The Bertz CT molecular complexity index is 788. The van der Waals surface area contributed by atoms with Crippen molar-refractivity contribution in [2.24, 2.45) is 5.92 Å². The van der Waals surface area contributed by atoms with Crippen LogP contribution in [0, 0.1) is 12.8 Å². The van der Waals surface area contributed by atoms with Crippen molar-refractivity contribution in [1.82, 2.24) is 9.80 Å². The van der Waals surface area contributed by atoms with E-state index in [9.17, 15) is 18.0 Å². The Hall–Kier alpha value is -1.89. The van der Waals surface area contributed by atoms with E-state index in [1.807, 2.05) is 38.1 Å². The van der Waals surface area contributed by atoms with E-state index in [1.54, 1.807) is 9.80 Å². The fraction of sp³-hybridized carbons (Fsp3) is 0.579. The van der Waals surface area contributed by atoms with Crippen molar-refractivity contribution in [2.75, 3.05) is 24.6 Å². The van der Waals surface area contributed by atoms with Crippen molar-refractivity contribution < 1.29 is 18.0 Å². The smallest absolute Gasteiger partial charge is 0.228 e. The van der Waals surface area contributed by atoms with Crippen molar-refractivity contribution in [3.63, 3.8) is 0 Å². The number of benzene rings is 1. The minimum Gasteiger partial charge on any atom is -0.339 e. The molecule has 1 aromatic carbocycles. The monoisotopic (exact) mass is 378 g/mol. The number of sulfone groups is 1. The highest BCUT2D eigenvalue weighted by molar-refractivity contribution is 7.91. The molecule has 0 aromatic heterocycles. The zero-order valence-electron chi connectivity index (χ0n) is 15.3. The van der Waals surface area contributed by atoms with E-state index in [4.69, 9.17) is 0 Å². The van der Waals surface area contributed by atoms with E-state index in [-0.39, 0.29) is 41.7 Å². The predicted octanol–water partition coefficient (Wildman–Crippen LogP) is 1.38. The molecule has 142 valence electrons. The number of aryl methyl sites for hydroxylation is 1. The Balaban J connectivity index is 1.65. The summed E-state index contributed by atoms with van der Waals surface area (Å²) in [6, 6.07) is 7.77. The molecule has 2 heterocycles. The van der Waals surface area contributed by atoms with E-state index in [0.29, 0.717) is 26.1 Å². The highest BCUT2D eigenvalue weighted by atomic mass is 32.2. The average molecular weight is 378 g/mol. The van der Waals surface area contributed by atoms with Crippen LogP contribution in [0.4, 0.5) is 0 Å². The molecule has 3 rings (SSSR count). The molecule has 2 amide bonds. The third kappa shape index (κ3) is 4.09. The van der Waals surface area contributed by atoms with E-state index in [1.165, 1.54) is 5.56 Å². The maximum atomic E-state index is 12.9. The predicted molar refractivity (Wildman–Crippen MR) is 99.1 cm³/mol. The van der Waals surface area contributed by atoms with Crippen LogP contribution in [-0.2, 0) is 26.0 Å². The normalized spacial score (nSPS) is 24.8. The van der Waals surface area contributed by atoms with Crippen molar-refractivity contribution in [3.8, 4) is 0 Å². The summed E-state index contributed by atoms with van der Waals surface area (Å²) in [5.41, 5.74) is 2.21. The molecule has 0 bridgehead atoms. The number of carbonyl (C=O) groups is 2. The topological polar surface area (TPSA) is 74.8 Å². The van der Waals surface area contributed by atoms with E-state index >= 15 is 0 Å². The van der Waals surface area contributed by atoms with Crippen molar-refractivity contribution in [2.45, 2.75) is 39.3 Å². The van der Waals surface area contributed by atoms with Crippen molar-refractivity contribution >= 4 is 21.7 Å². The van der Waals surface area contributed by atoms with Crippen molar-refractivity contribution in [1.29, 1.82) is 0 Å². The second-order valence-corrected chi connectivity index (χ2v) is 9.57. The van der Waals surface area contributed by atoms with Crippen LogP contribution in [0.25, 0.3) is 0 Å². The lowest BCUT2D eigenvalue weighted by molar-refractivity contribution is -0.137. The minimum atomic E-state index is -3.04. The van der Waals surface area contributed by atoms with Gasteiger partial charge in [-0.25, -0.2) is 8.42 Å². The molecule has 0 radical (unpaired) electrons. The lowest BCUT2D eigenvalue weighted by Gasteiger charge is -2.29. The molecule has 7 heteroatoms. The van der Waals surface area contributed by atoms with Gasteiger partial charge in [-0.2, -0.15) is 0 Å². The number of nitrogens with zero attached hydrogens (tertiary/aromatic N) is 2. The molecule has 0 spiro atoms. The second-order valence-electron chi connectivity index (χ2n) is 7.34. The summed E-state index contributed by atoms with van der Waals surface area (Å²) >= 11 is 0. The zero-order chi connectivity index (χ0) is 18.9. The molecule has 26 heavy (non-hydrogen) atoms. The molecule has 2 aliphatic rings. The van der Waals surface area contributed by atoms with E-state index in [2.05, 4.69) is 0 Å². The van der Waals surface area contributed by atoms with Gasteiger partial charge in [0.1, 0.15) is 0 Å². The Labute approximate surface area is 155 Å². The first-order valence-electron chi connectivity index (χ1n) is 9.13. The minimum absolute atomic E-state index is 0.0148. The van der Waals surface area contributed by atoms with Crippen LogP contribution in [0.2, 0.25) is 0 Å². The lowest BCUT2D eigenvalue weighted by atomic mass is 10.1. The Morgan fingerprint density at radius 3 is 2.54 bits per heavy atom. The molecule has 2 fully saturated rings. The molecule has 2 saturated heterocycles. The van der Waals surface area contributed by atoms with Crippen molar-refractivity contribution in [3.05, 3.63) is 35.4 Å². The summed E-state index contributed by atoms with van der Waals surface area (Å²) < 4.78 is 23.5. The standard InChI is InChI=1S/C19H26N2O4S/c1-3-21(17-8-9-26(24,25)13-17)19(23)16-10-18(22)20(12-16)11-15-6-4-14(2)5-7-15/h4-7,16-17H,3,8-13H2,1-2H3/t16-,17-/m1/s1. The third-order valence-corrected chi connectivity index (χ3v) is 7.08. The molecular formula is C19H26N2O4S. The molecule has 1 aromatic rings. The largest absolute Gasteiger partial charge is 0.339 e. The summed E-state index contributed by atoms with van der Waals surface area (Å²) in [6.07, 6.45) is 0.705. The van der Waals surface area contributed by atoms with Gasteiger partial charge in [0, 0.05) is 32.1 Å². The number of carbonyl (C=O) groups excluding carboxylic acids is 2. The Morgan fingerprint density at radius 1 is 1.27 bits per heavy atom. The maximum Gasteiger partial charge on any atom is 0.228 e. The summed E-state index contributed by atoms with van der Waals surface area (Å²) in [5, 5.41) is 0. The second kappa shape index (κ2) is 7.39. The van der Waals surface area contributed by atoms with Crippen LogP contribution in [0.5, 0.6) is 0 Å². The molecule has 0 aliphatic carbocycles. The van der Waals surface area contributed by atoms with E-state index < -0.39 is 9.84 Å². The van der Waals surface area contributed by atoms with Crippen LogP contribution in [0.15, 0.2) is 24.3 Å². The van der Waals surface area contributed by atoms with Gasteiger partial charge < -0.3 is 9.80 Å². The molecule has 0 saturated carbocycles. The van der Waals surface area contributed by atoms with Gasteiger partial charge in [0.15, 0.2) is 9.84 Å². The van der Waals surface area contributed by atoms with Gasteiger partial charge in [-0.1, -0.05) is 29.8 Å². The first kappa shape index (κ1) is 18.9. The summed E-state index contributed by atoms with van der Waals surface area (Å²) in [6.45, 7) is 5.27. The van der Waals surface area contributed by atoms with Gasteiger partial charge in [0.2, 0.25) is 11.8 Å². The number of rotatable bonds is 5. The van der Waals surface area contributed by atoms with Crippen LogP contribution in [0.3, 0.4) is 0 Å². The SMILES string of the molecule is CCN(C(=O)[C@@H]1CC(=O)N(Cc2ccc(C)cc2)C1)[C@@H]1CCS(=O)(=O)C1. The molecular weight excluding hydrogens is 352 g/mol. The quantitative estimate of drug-likeness (QED) is 0.776. The molecule has 0 N–H and O–H groups in total. The highest BCUT2D eigenvalue weighted by Crippen LogP contribution is 2.25. The first-order chi connectivity index (χ1) is 12.3. The van der Waals surface area contributed by atoms with Crippen LogP contribution in [-0.4, -0.2) is 60.7 Å². The van der Waals surface area contributed by atoms with Crippen LogP contribution in [0.1, 0.15) is 30.9 Å². The average Bonchev–Trinajstić information content (AvgIpc) is 3.13. The van der Waals surface area contributed by atoms with E-state index in [0.717, 1.165) is 5.56 Å². The maximum absolute atomic E-state index is 12.9. The highest BCUT2D eigenvalue weighted by Gasteiger charge is 2.40. The fourth-order valence-electron chi connectivity index (χ4n) is 3.85. The molecule has 2 atom stereocenters. The van der Waals surface area contributed by atoms with Gasteiger partial charge in [0.05, 0.1) is 17.4 Å². The zero-order valence-corrected chi connectivity index (χ0v) is 16.2. The van der Waals surface area contributed by atoms with Gasteiger partial charge in [-0.15, -0.1) is 0 Å². The first-order valence-corrected chi connectivity index (χ1v) is 11.0. The van der Waals surface area contributed by atoms with Gasteiger partial charge in [0.25, 0.3) is 0 Å². The summed E-state index contributed by atoms with van der Waals surface area (Å²) in [4.78, 5) is 28.7. The van der Waals surface area contributed by atoms with Gasteiger partial charge >= 0.3 is 0 Å². The molecule has 0 unspecified atom stereocenters. The third-order valence-electron chi connectivity index (χ3n) is 5.33. The van der Waals surface area contributed by atoms with Gasteiger partial charge in [-0.05, 0) is 25.8 Å². The molecule has 6 nitrogen and oxygen atoms in total. The number of hydrogen-bond donors (Lipinski definition) is 0. The fourth-order valence-corrected chi connectivity index (χ4v) is 5.58. The summed E-state index contributed by atoms with van der Waals surface area (Å²) in [5.74, 6) is -0.296. The van der Waals surface area contributed by atoms with Crippen LogP contribution >= 0.6 is 0 Å². The lowest BCUT2D eigenvalue weighted by Crippen LogP contribution is -2.44. The molecule has 2 aliphatic heterocycles. The summed E-state index contributed by atoms with van der Waals surface area (Å²) in [7, 11) is -3.04. The Kier molecular flexibility index (Phi) is 5.37. The number of likely N-dealkylation sites (tertiary alicyclic amines) is 1. The Morgan fingerprint density at radius 2 is 1.96 bits per heavy atom. The number of hydrogen-bond acceptors (Lipinski definition) is 4.